The van der Waals surface area contributed by atoms with Crippen molar-refractivity contribution in [3.05, 3.63) is 58.7 Å². The zero-order chi connectivity index (χ0) is 14.5. The van der Waals surface area contributed by atoms with Crippen molar-refractivity contribution in [1.29, 1.82) is 0 Å². The molecule has 19 heavy (non-hydrogen) atoms. The van der Waals surface area contributed by atoms with Gasteiger partial charge in [0, 0.05) is 25.2 Å². The molecule has 0 rings (SSSR count). The van der Waals surface area contributed by atoms with E-state index < -0.39 is 4.92 Å². The molecule has 0 unspecified atom stereocenters. The molecule has 0 heterocycles. The number of aliphatic imine (C=N–C) groups is 2. The number of nitrogens with two attached hydrogens (primary N) is 1. The van der Waals surface area contributed by atoms with Crippen molar-refractivity contribution in [2.45, 2.75) is 6.92 Å². The molecule has 0 aromatic rings. The van der Waals surface area contributed by atoms with E-state index in [0.717, 1.165) is 12.4 Å². The molecule has 0 aliphatic heterocycles. The molecule has 0 saturated heterocycles. The van der Waals surface area contributed by atoms with Crippen LogP contribution in [-0.4, -0.2) is 24.0 Å². The Hall–Kier alpha value is -2.70. The Morgan fingerprint density at radius 1 is 1.42 bits per heavy atom. The Balaban J connectivity index is 4.61. The largest absolute Gasteiger partial charge is 0.399 e. The third kappa shape index (κ3) is 10.2. The zero-order valence-corrected chi connectivity index (χ0v) is 10.9. The van der Waals surface area contributed by atoms with E-state index in [9.17, 15) is 10.1 Å². The number of rotatable bonds is 6. The van der Waals surface area contributed by atoms with Crippen LogP contribution in [0.15, 0.2) is 58.6 Å². The van der Waals surface area contributed by atoms with Crippen LogP contribution in [0.2, 0.25) is 0 Å². The third-order valence-electron chi connectivity index (χ3n) is 1.65. The van der Waals surface area contributed by atoms with E-state index in [0.29, 0.717) is 11.5 Å². The Morgan fingerprint density at radius 3 is 2.74 bits per heavy atom. The highest BCUT2D eigenvalue weighted by Crippen LogP contribution is 1.87. The molecular weight excluding hydrogens is 246 g/mol. The predicted octanol–water partition coefficient (Wildman–Crippen LogP) is 1.36. The third-order valence-corrected chi connectivity index (χ3v) is 1.65. The summed E-state index contributed by atoms with van der Waals surface area (Å²) in [4.78, 5) is 17.2. The van der Waals surface area contributed by atoms with Crippen LogP contribution in [0, 0.1) is 10.1 Å². The van der Waals surface area contributed by atoms with Crippen LogP contribution in [0.5, 0.6) is 0 Å². The number of allylic oxidation sites excluding steroid dienone is 3. The summed E-state index contributed by atoms with van der Waals surface area (Å²) in [5, 5.41) is 12.9. The molecule has 0 saturated carbocycles. The van der Waals surface area contributed by atoms with Gasteiger partial charge in [0.2, 0.25) is 0 Å². The van der Waals surface area contributed by atoms with Gasteiger partial charge in [-0.25, -0.2) is 4.99 Å². The van der Waals surface area contributed by atoms with Gasteiger partial charge in [-0.2, -0.15) is 0 Å². The van der Waals surface area contributed by atoms with Crippen LogP contribution >= 0.6 is 0 Å². The molecule has 0 aliphatic rings. The van der Waals surface area contributed by atoms with Gasteiger partial charge in [0.15, 0.2) is 0 Å². The van der Waals surface area contributed by atoms with Gasteiger partial charge in [-0.15, -0.1) is 0 Å². The Bertz CT molecular complexity index is 459. The first kappa shape index (κ1) is 16.3. The number of nitrogens with one attached hydrogen (secondary N) is 1. The molecule has 0 spiro atoms. The maximum atomic E-state index is 10.1. The molecule has 7 heteroatoms. The summed E-state index contributed by atoms with van der Waals surface area (Å²) in [5.74, 6) is 0.453. The highest BCUT2D eigenvalue weighted by atomic mass is 16.6. The van der Waals surface area contributed by atoms with Gasteiger partial charge in [-0.1, -0.05) is 6.08 Å². The lowest BCUT2D eigenvalue weighted by Crippen LogP contribution is -2.14. The number of hydrogen-bond acceptors (Lipinski definition) is 5. The van der Waals surface area contributed by atoms with E-state index >= 15 is 0 Å². The lowest BCUT2D eigenvalue weighted by atomic mass is 10.4. The smallest absolute Gasteiger partial charge is 0.252 e. The minimum absolute atomic E-state index is 0.453. The molecule has 7 nitrogen and oxygen atoms in total. The molecule has 0 aliphatic carbocycles. The molecule has 0 radical (unpaired) electrons. The van der Waals surface area contributed by atoms with Crippen LogP contribution in [0.25, 0.3) is 0 Å². The van der Waals surface area contributed by atoms with Gasteiger partial charge in [-0.3, -0.25) is 15.1 Å². The van der Waals surface area contributed by atoms with Gasteiger partial charge in [0.05, 0.1) is 11.1 Å². The van der Waals surface area contributed by atoms with E-state index in [1.165, 1.54) is 0 Å². The van der Waals surface area contributed by atoms with Crippen molar-refractivity contribution in [3.63, 3.8) is 0 Å². The van der Waals surface area contributed by atoms with Gasteiger partial charge in [0.25, 0.3) is 6.20 Å². The molecular formula is C12H17N5O2. The number of nitrogens with zero attached hydrogens (tertiary/aromatic N) is 3. The molecule has 102 valence electrons. The monoisotopic (exact) mass is 263 g/mol. The summed E-state index contributed by atoms with van der Waals surface area (Å²) < 4.78 is 0. The van der Waals surface area contributed by atoms with Crippen molar-refractivity contribution in [2.24, 2.45) is 15.7 Å². The quantitative estimate of drug-likeness (QED) is 0.248. The summed E-state index contributed by atoms with van der Waals surface area (Å²) in [5.41, 5.74) is 6.15. The van der Waals surface area contributed by atoms with Gasteiger partial charge >= 0.3 is 0 Å². The maximum Gasteiger partial charge on any atom is 0.252 e. The molecule has 0 atom stereocenters. The Kier molecular flexibility index (Phi) is 8.97. The van der Waals surface area contributed by atoms with Crippen molar-refractivity contribution in [2.75, 3.05) is 7.05 Å². The summed E-state index contributed by atoms with van der Waals surface area (Å²) in [6.07, 6.45) is 11.7. The van der Waals surface area contributed by atoms with Gasteiger partial charge in [-0.05, 0) is 25.2 Å². The minimum Gasteiger partial charge on any atom is -0.399 e. The van der Waals surface area contributed by atoms with Crippen LogP contribution < -0.4 is 11.1 Å². The average molecular weight is 263 g/mol. The van der Waals surface area contributed by atoms with Crippen molar-refractivity contribution >= 4 is 12.1 Å². The fourth-order valence-corrected chi connectivity index (χ4v) is 0.894. The second-order valence-electron chi connectivity index (χ2n) is 3.15. The molecule has 0 bridgehead atoms. The predicted molar refractivity (Wildman–Crippen MR) is 77.3 cm³/mol. The first-order valence-electron chi connectivity index (χ1n) is 5.41. The van der Waals surface area contributed by atoms with Crippen LogP contribution in [0.3, 0.4) is 0 Å². The molecule has 0 fully saturated rings. The normalized spacial score (nSPS) is 14.2. The standard InChI is InChI=1S/C12H17N5O2/c1-3-4-12(16-9-10-17(18)19)15-8-6-11(13)5-7-14-2/h3-10H,13H2,1-2H3,(H,15,16)/b4-3-,8-6+,10-9+,11-5+,14-7-. The fourth-order valence-electron chi connectivity index (χ4n) is 0.894. The minimum atomic E-state index is -0.586. The Morgan fingerprint density at radius 2 is 2.16 bits per heavy atom. The van der Waals surface area contributed by atoms with Gasteiger partial charge in [0.1, 0.15) is 5.84 Å². The van der Waals surface area contributed by atoms with E-state index in [1.807, 2.05) is 6.92 Å². The number of nitro groups is 1. The second-order valence-corrected chi connectivity index (χ2v) is 3.15. The SMILES string of the molecule is C\C=C/C(=N\C=C\[N+](=O)[O-])N/C=C/C(N)=C\C=N/C. The molecule has 0 amide bonds. The summed E-state index contributed by atoms with van der Waals surface area (Å²) in [7, 11) is 1.64. The zero-order valence-electron chi connectivity index (χ0n) is 10.9. The van der Waals surface area contributed by atoms with Crippen LogP contribution in [0.4, 0.5) is 0 Å². The van der Waals surface area contributed by atoms with Crippen molar-refractivity contribution in [3.8, 4) is 0 Å². The molecule has 0 aromatic heterocycles. The van der Waals surface area contributed by atoms with Gasteiger partial charge < -0.3 is 11.1 Å². The summed E-state index contributed by atoms with van der Waals surface area (Å²) in [6, 6.07) is 0. The lowest BCUT2D eigenvalue weighted by Gasteiger charge is -1.98. The van der Waals surface area contributed by atoms with E-state index in [4.69, 9.17) is 5.73 Å². The number of amidine groups is 1. The lowest BCUT2D eigenvalue weighted by molar-refractivity contribution is -0.402. The highest BCUT2D eigenvalue weighted by Gasteiger charge is 1.89. The topological polar surface area (TPSA) is 106 Å². The first-order chi connectivity index (χ1) is 9.10. The number of hydrogen-bond donors (Lipinski definition) is 2. The maximum absolute atomic E-state index is 10.1. The Labute approximate surface area is 111 Å². The van der Waals surface area contributed by atoms with Crippen LogP contribution in [0.1, 0.15) is 6.92 Å². The fraction of sp³-hybridized carbons (Fsp3) is 0.167. The van der Waals surface area contributed by atoms with E-state index in [-0.39, 0.29) is 0 Å². The van der Waals surface area contributed by atoms with Crippen LogP contribution in [-0.2, 0) is 0 Å². The summed E-state index contributed by atoms with van der Waals surface area (Å²) >= 11 is 0. The first-order valence-corrected chi connectivity index (χ1v) is 5.41. The summed E-state index contributed by atoms with van der Waals surface area (Å²) in [6.45, 7) is 1.81. The van der Waals surface area contributed by atoms with Crippen molar-refractivity contribution in [1.82, 2.24) is 5.32 Å². The van der Waals surface area contributed by atoms with E-state index in [1.54, 1.807) is 43.8 Å². The van der Waals surface area contributed by atoms with Crippen molar-refractivity contribution < 1.29 is 4.92 Å². The van der Waals surface area contributed by atoms with E-state index in [2.05, 4.69) is 15.3 Å². The average Bonchev–Trinajstić information content (AvgIpc) is 2.36. The molecule has 0 aromatic carbocycles. The second kappa shape index (κ2) is 10.5. The highest BCUT2D eigenvalue weighted by molar-refractivity contribution is 5.93. The molecule has 3 N–H and O–H groups in total.